The van der Waals surface area contributed by atoms with E-state index in [1.807, 2.05) is 11.3 Å². The molecule has 1 heterocycles. The van der Waals surface area contributed by atoms with Gasteiger partial charge in [-0.25, -0.2) is 0 Å². The van der Waals surface area contributed by atoms with Crippen LogP contribution in [-0.4, -0.2) is 0 Å². The molecule has 0 fully saturated rings. The lowest BCUT2D eigenvalue weighted by Crippen LogP contribution is -1.83. The van der Waals surface area contributed by atoms with Crippen molar-refractivity contribution in [1.29, 1.82) is 0 Å². The SMILES string of the molecule is CCCCCCCCCCc1cc(C)cs1. The van der Waals surface area contributed by atoms with Crippen LogP contribution in [0.2, 0.25) is 0 Å². The Hall–Kier alpha value is -0.300. The van der Waals surface area contributed by atoms with E-state index >= 15 is 0 Å². The molecule has 1 aromatic heterocycles. The molecule has 0 amide bonds. The van der Waals surface area contributed by atoms with Crippen LogP contribution >= 0.6 is 11.3 Å². The fraction of sp³-hybridized carbons (Fsp3) is 0.733. The predicted octanol–water partition coefficient (Wildman–Crippen LogP) is 5.74. The van der Waals surface area contributed by atoms with Crippen molar-refractivity contribution in [1.82, 2.24) is 0 Å². The van der Waals surface area contributed by atoms with Crippen LogP contribution in [0.1, 0.15) is 68.7 Å². The Kier molecular flexibility index (Phi) is 7.58. The summed E-state index contributed by atoms with van der Waals surface area (Å²) in [5, 5.41) is 2.26. The van der Waals surface area contributed by atoms with Gasteiger partial charge in [0.05, 0.1) is 0 Å². The largest absolute Gasteiger partial charge is 0.149 e. The number of hydrogen-bond acceptors (Lipinski definition) is 1. The number of unbranched alkanes of at least 4 members (excludes halogenated alkanes) is 7. The van der Waals surface area contributed by atoms with Crippen LogP contribution in [0.3, 0.4) is 0 Å². The number of rotatable bonds is 9. The summed E-state index contributed by atoms with van der Waals surface area (Å²) in [5.74, 6) is 0. The molecule has 16 heavy (non-hydrogen) atoms. The minimum Gasteiger partial charge on any atom is -0.149 e. The third-order valence-corrected chi connectivity index (χ3v) is 4.18. The van der Waals surface area contributed by atoms with Gasteiger partial charge in [-0.2, -0.15) is 0 Å². The number of aryl methyl sites for hydroxylation is 2. The first kappa shape index (κ1) is 13.8. The van der Waals surface area contributed by atoms with E-state index in [9.17, 15) is 0 Å². The summed E-state index contributed by atoms with van der Waals surface area (Å²) in [5.41, 5.74) is 1.43. The molecule has 0 aromatic carbocycles. The fourth-order valence-electron chi connectivity index (χ4n) is 2.05. The minimum absolute atomic E-state index is 1.30. The van der Waals surface area contributed by atoms with Gasteiger partial charge in [0.2, 0.25) is 0 Å². The highest BCUT2D eigenvalue weighted by atomic mass is 32.1. The van der Waals surface area contributed by atoms with Crippen molar-refractivity contribution in [3.05, 3.63) is 21.9 Å². The van der Waals surface area contributed by atoms with Crippen molar-refractivity contribution >= 4 is 11.3 Å². The van der Waals surface area contributed by atoms with Gasteiger partial charge in [0.15, 0.2) is 0 Å². The Morgan fingerprint density at radius 1 is 0.938 bits per heavy atom. The molecule has 0 radical (unpaired) electrons. The molecular formula is C15H26S. The van der Waals surface area contributed by atoms with Gasteiger partial charge in [-0.1, -0.05) is 51.9 Å². The molecule has 1 aromatic rings. The van der Waals surface area contributed by atoms with E-state index in [0.29, 0.717) is 0 Å². The second-order valence-corrected chi connectivity index (χ2v) is 5.81. The Bertz CT molecular complexity index is 262. The molecule has 0 atom stereocenters. The molecule has 1 heteroatoms. The zero-order valence-corrected chi connectivity index (χ0v) is 11.7. The predicted molar refractivity (Wildman–Crippen MR) is 75.4 cm³/mol. The first-order valence-corrected chi connectivity index (χ1v) is 7.75. The molecule has 0 N–H and O–H groups in total. The molecule has 92 valence electrons. The standard InChI is InChI=1S/C15H26S/c1-3-4-5-6-7-8-9-10-11-15-12-14(2)13-16-15/h12-13H,3-11H2,1-2H3. The van der Waals surface area contributed by atoms with Crippen LogP contribution in [0.5, 0.6) is 0 Å². The highest BCUT2D eigenvalue weighted by Gasteiger charge is 1.96. The molecule has 0 nitrogen and oxygen atoms in total. The van der Waals surface area contributed by atoms with E-state index in [0.717, 1.165) is 0 Å². The number of hydrogen-bond donors (Lipinski definition) is 0. The Morgan fingerprint density at radius 2 is 1.56 bits per heavy atom. The molecule has 0 spiro atoms. The maximum atomic E-state index is 2.34. The van der Waals surface area contributed by atoms with Crippen LogP contribution in [0.4, 0.5) is 0 Å². The van der Waals surface area contributed by atoms with E-state index in [-0.39, 0.29) is 0 Å². The summed E-state index contributed by atoms with van der Waals surface area (Å²) in [4.78, 5) is 1.57. The minimum atomic E-state index is 1.30. The van der Waals surface area contributed by atoms with Crippen molar-refractivity contribution in [3.8, 4) is 0 Å². The summed E-state index contributed by atoms with van der Waals surface area (Å²) in [6.45, 7) is 4.47. The van der Waals surface area contributed by atoms with E-state index in [2.05, 4.69) is 25.3 Å². The Balaban J connectivity index is 1.88. The van der Waals surface area contributed by atoms with Crippen molar-refractivity contribution in [2.24, 2.45) is 0 Å². The van der Waals surface area contributed by atoms with Gasteiger partial charge in [-0.15, -0.1) is 11.3 Å². The van der Waals surface area contributed by atoms with Gasteiger partial charge in [-0.3, -0.25) is 0 Å². The molecular weight excluding hydrogens is 212 g/mol. The fourth-order valence-corrected chi connectivity index (χ4v) is 2.98. The van der Waals surface area contributed by atoms with Crippen molar-refractivity contribution in [2.75, 3.05) is 0 Å². The van der Waals surface area contributed by atoms with E-state index in [1.54, 1.807) is 4.88 Å². The zero-order valence-electron chi connectivity index (χ0n) is 10.9. The van der Waals surface area contributed by atoms with Crippen LogP contribution in [0.15, 0.2) is 11.4 Å². The van der Waals surface area contributed by atoms with E-state index in [1.165, 1.54) is 63.4 Å². The van der Waals surface area contributed by atoms with Crippen LogP contribution < -0.4 is 0 Å². The van der Waals surface area contributed by atoms with Crippen molar-refractivity contribution in [3.63, 3.8) is 0 Å². The maximum Gasteiger partial charge on any atom is 0.00479 e. The maximum absolute atomic E-state index is 2.34. The van der Waals surface area contributed by atoms with Crippen molar-refractivity contribution < 1.29 is 0 Å². The summed E-state index contributed by atoms with van der Waals surface area (Å²) >= 11 is 1.92. The van der Waals surface area contributed by atoms with Crippen molar-refractivity contribution in [2.45, 2.75) is 71.6 Å². The molecule has 0 bridgehead atoms. The third kappa shape index (κ3) is 6.32. The molecule has 0 unspecified atom stereocenters. The van der Waals surface area contributed by atoms with Gasteiger partial charge >= 0.3 is 0 Å². The highest BCUT2D eigenvalue weighted by Crippen LogP contribution is 2.17. The third-order valence-electron chi connectivity index (χ3n) is 3.06. The van der Waals surface area contributed by atoms with E-state index in [4.69, 9.17) is 0 Å². The lowest BCUT2D eigenvalue weighted by molar-refractivity contribution is 0.576. The lowest BCUT2D eigenvalue weighted by Gasteiger charge is -2.00. The summed E-state index contributed by atoms with van der Waals surface area (Å²) in [7, 11) is 0. The molecule has 1 rings (SSSR count). The second-order valence-electron chi connectivity index (χ2n) is 4.82. The average Bonchev–Trinajstić information content (AvgIpc) is 2.68. The topological polar surface area (TPSA) is 0 Å². The lowest BCUT2D eigenvalue weighted by atomic mass is 10.1. The van der Waals surface area contributed by atoms with Gasteiger partial charge in [0.1, 0.15) is 0 Å². The molecule has 0 aliphatic rings. The first-order valence-electron chi connectivity index (χ1n) is 6.87. The van der Waals surface area contributed by atoms with Crippen LogP contribution in [-0.2, 0) is 6.42 Å². The van der Waals surface area contributed by atoms with Gasteiger partial charge in [-0.05, 0) is 36.8 Å². The van der Waals surface area contributed by atoms with Crippen LogP contribution in [0.25, 0.3) is 0 Å². The zero-order chi connectivity index (χ0) is 11.6. The number of thiophene rings is 1. The average molecular weight is 238 g/mol. The van der Waals surface area contributed by atoms with Gasteiger partial charge < -0.3 is 0 Å². The monoisotopic (exact) mass is 238 g/mol. The smallest absolute Gasteiger partial charge is 0.00479 e. The molecule has 0 saturated carbocycles. The summed E-state index contributed by atoms with van der Waals surface area (Å²) < 4.78 is 0. The summed E-state index contributed by atoms with van der Waals surface area (Å²) in [6.07, 6.45) is 12.7. The van der Waals surface area contributed by atoms with Gasteiger partial charge in [0, 0.05) is 4.88 Å². The van der Waals surface area contributed by atoms with Gasteiger partial charge in [0.25, 0.3) is 0 Å². The van der Waals surface area contributed by atoms with Crippen LogP contribution in [0, 0.1) is 6.92 Å². The molecule has 0 aliphatic carbocycles. The Labute approximate surface area is 105 Å². The normalized spacial score (nSPS) is 10.9. The summed E-state index contributed by atoms with van der Waals surface area (Å²) in [6, 6.07) is 2.34. The quantitative estimate of drug-likeness (QED) is 0.481. The molecule has 0 saturated heterocycles. The second kappa shape index (κ2) is 8.81. The molecule has 0 aliphatic heterocycles. The Morgan fingerprint density at radius 3 is 2.12 bits per heavy atom. The highest BCUT2D eigenvalue weighted by molar-refractivity contribution is 7.10. The first-order chi connectivity index (χ1) is 7.83. The van der Waals surface area contributed by atoms with E-state index < -0.39 is 0 Å².